The Morgan fingerprint density at radius 2 is 2.12 bits per heavy atom. The summed E-state index contributed by atoms with van der Waals surface area (Å²) in [5.41, 5.74) is 3.69. The van der Waals surface area contributed by atoms with Crippen LogP contribution in [0.1, 0.15) is 17.5 Å². The van der Waals surface area contributed by atoms with Crippen LogP contribution in [0.25, 0.3) is 6.08 Å². The molecule has 1 amide bonds. The summed E-state index contributed by atoms with van der Waals surface area (Å²) >= 11 is 0. The van der Waals surface area contributed by atoms with Gasteiger partial charge in [-0.15, -0.1) is 0 Å². The third-order valence-corrected chi connectivity index (χ3v) is 4.20. The molecule has 1 aliphatic heterocycles. The summed E-state index contributed by atoms with van der Waals surface area (Å²) in [6.45, 7) is 3.04. The minimum Gasteiger partial charge on any atom is -0.366 e. The van der Waals surface area contributed by atoms with E-state index >= 15 is 0 Å². The second-order valence-corrected chi connectivity index (χ2v) is 6.14. The predicted octanol–water partition coefficient (Wildman–Crippen LogP) is 2.29. The highest BCUT2D eigenvalue weighted by molar-refractivity contribution is 5.90. The zero-order chi connectivity index (χ0) is 17.5. The molecule has 3 rings (SSSR count). The van der Waals surface area contributed by atoms with Crippen LogP contribution in [-0.2, 0) is 11.3 Å². The Morgan fingerprint density at radius 3 is 2.84 bits per heavy atom. The molecule has 1 aromatic carbocycles. The Kier molecular flexibility index (Phi) is 5.77. The fourth-order valence-electron chi connectivity index (χ4n) is 2.94. The molecule has 3 N–H and O–H groups in total. The second-order valence-electron chi connectivity index (χ2n) is 6.14. The molecule has 2 heterocycles. The zero-order valence-electron chi connectivity index (χ0n) is 13.9. The number of carbonyl (C=O) groups is 1. The lowest BCUT2D eigenvalue weighted by atomic mass is 10.2. The molecular weight excluding hydrogens is 316 g/mol. The van der Waals surface area contributed by atoms with Crippen LogP contribution in [-0.4, -0.2) is 40.1 Å². The maximum absolute atomic E-state index is 11.0. The highest BCUT2D eigenvalue weighted by Crippen LogP contribution is 2.17. The summed E-state index contributed by atoms with van der Waals surface area (Å²) in [6.07, 6.45) is 5.63. The van der Waals surface area contributed by atoms with Crippen molar-refractivity contribution in [1.29, 1.82) is 0 Å². The van der Waals surface area contributed by atoms with Gasteiger partial charge in [-0.25, -0.2) is 10.5 Å². The third kappa shape index (κ3) is 5.14. The average Bonchev–Trinajstić information content (AvgIpc) is 3.08. The molecule has 0 radical (unpaired) electrons. The van der Waals surface area contributed by atoms with E-state index in [-0.39, 0.29) is 0 Å². The smallest absolute Gasteiger partial charge is 0.267 e. The van der Waals surface area contributed by atoms with Gasteiger partial charge in [0.15, 0.2) is 0 Å². The van der Waals surface area contributed by atoms with Gasteiger partial charge in [-0.3, -0.25) is 14.9 Å². The number of pyridine rings is 1. The number of amides is 1. The first-order valence-corrected chi connectivity index (χ1v) is 8.34. The fraction of sp³-hybridized carbons (Fsp3) is 0.263. The SMILES string of the molecule is O=C(/C=C/c1ccc(NC2CCN(Cc3ccccc3)C2)nc1)NO. The van der Waals surface area contributed by atoms with E-state index in [0.717, 1.165) is 37.4 Å². The highest BCUT2D eigenvalue weighted by Gasteiger charge is 2.22. The molecule has 1 atom stereocenters. The molecule has 0 saturated carbocycles. The highest BCUT2D eigenvalue weighted by atomic mass is 16.5. The Morgan fingerprint density at radius 1 is 1.28 bits per heavy atom. The normalized spacial score (nSPS) is 17.7. The van der Waals surface area contributed by atoms with Crippen LogP contribution in [0.5, 0.6) is 0 Å². The van der Waals surface area contributed by atoms with Crippen molar-refractivity contribution in [2.45, 2.75) is 19.0 Å². The van der Waals surface area contributed by atoms with Crippen LogP contribution >= 0.6 is 0 Å². The molecule has 1 saturated heterocycles. The van der Waals surface area contributed by atoms with E-state index in [2.05, 4.69) is 39.5 Å². The third-order valence-electron chi connectivity index (χ3n) is 4.20. The van der Waals surface area contributed by atoms with Gasteiger partial charge in [0.25, 0.3) is 5.91 Å². The number of carbonyl (C=O) groups excluding carboxylic acids is 1. The van der Waals surface area contributed by atoms with Crippen molar-refractivity contribution >= 4 is 17.8 Å². The summed E-state index contributed by atoms with van der Waals surface area (Å²) in [5.74, 6) is 0.266. The number of hydrogen-bond donors (Lipinski definition) is 3. The molecule has 1 unspecified atom stereocenters. The molecule has 1 fully saturated rings. The molecule has 1 aliphatic rings. The van der Waals surface area contributed by atoms with E-state index in [0.29, 0.717) is 6.04 Å². The number of hydrogen-bond acceptors (Lipinski definition) is 5. The molecule has 0 aliphatic carbocycles. The van der Waals surface area contributed by atoms with Crippen LogP contribution in [0.2, 0.25) is 0 Å². The Bertz CT molecular complexity index is 716. The fourth-order valence-corrected chi connectivity index (χ4v) is 2.94. The van der Waals surface area contributed by atoms with Gasteiger partial charge in [0.2, 0.25) is 0 Å². The van der Waals surface area contributed by atoms with Gasteiger partial charge in [0, 0.05) is 37.9 Å². The van der Waals surface area contributed by atoms with Gasteiger partial charge < -0.3 is 5.32 Å². The molecule has 6 heteroatoms. The van der Waals surface area contributed by atoms with Gasteiger partial charge in [0.05, 0.1) is 0 Å². The van der Waals surface area contributed by atoms with Crippen LogP contribution in [0.3, 0.4) is 0 Å². The minimum atomic E-state index is -0.563. The van der Waals surface area contributed by atoms with Crippen LogP contribution in [0.4, 0.5) is 5.82 Å². The molecule has 2 aromatic rings. The number of nitrogens with zero attached hydrogens (tertiary/aromatic N) is 2. The van der Waals surface area contributed by atoms with Gasteiger partial charge >= 0.3 is 0 Å². The summed E-state index contributed by atoms with van der Waals surface area (Å²) in [7, 11) is 0. The molecule has 130 valence electrons. The van der Waals surface area contributed by atoms with Crippen molar-refractivity contribution < 1.29 is 10.0 Å². The van der Waals surface area contributed by atoms with Crippen molar-refractivity contribution in [2.75, 3.05) is 18.4 Å². The largest absolute Gasteiger partial charge is 0.366 e. The summed E-state index contributed by atoms with van der Waals surface area (Å²) in [5, 5.41) is 11.9. The Hall–Kier alpha value is -2.70. The second kappa shape index (κ2) is 8.41. The summed E-state index contributed by atoms with van der Waals surface area (Å²) in [6, 6.07) is 14.7. The number of hydroxylamine groups is 1. The van der Waals surface area contributed by atoms with E-state index in [1.807, 2.05) is 18.2 Å². The minimum absolute atomic E-state index is 0.387. The Balaban J connectivity index is 1.50. The predicted molar refractivity (Wildman–Crippen MR) is 96.9 cm³/mol. The van der Waals surface area contributed by atoms with Crippen LogP contribution in [0, 0.1) is 0 Å². The monoisotopic (exact) mass is 338 g/mol. The molecule has 1 aromatic heterocycles. The van der Waals surface area contributed by atoms with Gasteiger partial charge in [0.1, 0.15) is 5.82 Å². The number of benzene rings is 1. The van der Waals surface area contributed by atoms with Crippen molar-refractivity contribution in [2.24, 2.45) is 0 Å². The van der Waals surface area contributed by atoms with Crippen molar-refractivity contribution in [3.8, 4) is 0 Å². The van der Waals surface area contributed by atoms with E-state index in [1.165, 1.54) is 11.6 Å². The topological polar surface area (TPSA) is 77.5 Å². The van der Waals surface area contributed by atoms with Crippen molar-refractivity contribution in [1.82, 2.24) is 15.4 Å². The number of aromatic nitrogens is 1. The van der Waals surface area contributed by atoms with E-state index in [9.17, 15) is 4.79 Å². The summed E-state index contributed by atoms with van der Waals surface area (Å²) in [4.78, 5) is 17.8. The molecular formula is C19H22N4O2. The van der Waals surface area contributed by atoms with Gasteiger partial charge in [-0.05, 0) is 35.8 Å². The maximum atomic E-state index is 11.0. The first-order valence-electron chi connectivity index (χ1n) is 8.34. The molecule has 0 spiro atoms. The van der Waals surface area contributed by atoms with Crippen molar-refractivity contribution in [3.63, 3.8) is 0 Å². The van der Waals surface area contributed by atoms with E-state index < -0.39 is 5.91 Å². The number of nitrogens with one attached hydrogen (secondary N) is 2. The first kappa shape index (κ1) is 17.1. The van der Waals surface area contributed by atoms with E-state index in [1.54, 1.807) is 17.8 Å². The average molecular weight is 338 g/mol. The standard InChI is InChI=1S/C19H22N4O2/c24-19(22-25)9-7-15-6-8-18(20-12-15)21-17-10-11-23(14-17)13-16-4-2-1-3-5-16/h1-9,12,17,25H,10-11,13-14H2,(H,20,21)(H,22,24)/b9-7+. The Labute approximate surface area is 147 Å². The number of likely N-dealkylation sites (tertiary alicyclic amines) is 1. The quantitative estimate of drug-likeness (QED) is 0.428. The van der Waals surface area contributed by atoms with Crippen LogP contribution < -0.4 is 10.8 Å². The number of rotatable bonds is 6. The first-order chi connectivity index (χ1) is 12.2. The van der Waals surface area contributed by atoms with Crippen LogP contribution in [0.15, 0.2) is 54.7 Å². The van der Waals surface area contributed by atoms with Gasteiger partial charge in [-0.2, -0.15) is 0 Å². The maximum Gasteiger partial charge on any atom is 0.267 e. The lowest BCUT2D eigenvalue weighted by Gasteiger charge is -2.17. The van der Waals surface area contributed by atoms with Gasteiger partial charge in [-0.1, -0.05) is 30.3 Å². The molecule has 0 bridgehead atoms. The summed E-state index contributed by atoms with van der Waals surface area (Å²) < 4.78 is 0. The lowest BCUT2D eigenvalue weighted by molar-refractivity contribution is -0.124. The molecule has 25 heavy (non-hydrogen) atoms. The molecule has 6 nitrogen and oxygen atoms in total. The lowest BCUT2D eigenvalue weighted by Crippen LogP contribution is -2.26. The van der Waals surface area contributed by atoms with Crippen molar-refractivity contribution in [3.05, 3.63) is 65.9 Å². The number of anilines is 1. The van der Waals surface area contributed by atoms with E-state index in [4.69, 9.17) is 5.21 Å². The zero-order valence-corrected chi connectivity index (χ0v) is 13.9.